The van der Waals surface area contributed by atoms with Crippen LogP contribution in [0.5, 0.6) is 0 Å². The van der Waals surface area contributed by atoms with Gasteiger partial charge in [0.25, 0.3) is 0 Å². The van der Waals surface area contributed by atoms with Gasteiger partial charge in [0.2, 0.25) is 0 Å². The summed E-state index contributed by atoms with van der Waals surface area (Å²) < 4.78 is 0. The number of aryl methyl sites for hydroxylation is 1. The minimum Gasteiger partial charge on any atom is -0.145 e. The van der Waals surface area contributed by atoms with Crippen molar-refractivity contribution in [3.63, 3.8) is 0 Å². The highest BCUT2D eigenvalue weighted by Crippen LogP contribution is 2.36. The van der Waals surface area contributed by atoms with Crippen molar-refractivity contribution in [2.45, 2.75) is 40.0 Å². The maximum atomic E-state index is 3.72. The average molecular weight is 382 g/mol. The van der Waals surface area contributed by atoms with Gasteiger partial charge in [-0.05, 0) is 42.7 Å². The molecule has 0 aliphatic heterocycles. The molecule has 0 unspecified atom stereocenters. The first-order chi connectivity index (χ1) is 8.05. The molecule has 0 aliphatic carbocycles. The van der Waals surface area contributed by atoms with E-state index in [4.69, 9.17) is 0 Å². The Morgan fingerprint density at radius 2 is 1.76 bits per heavy atom. The van der Waals surface area contributed by atoms with Crippen molar-refractivity contribution in [3.8, 4) is 0 Å². The van der Waals surface area contributed by atoms with Gasteiger partial charge < -0.3 is 0 Å². The summed E-state index contributed by atoms with van der Waals surface area (Å²) in [6.45, 7) is 6.85. The lowest BCUT2D eigenvalue weighted by molar-refractivity contribution is 0.306. The van der Waals surface area contributed by atoms with Crippen LogP contribution in [0.3, 0.4) is 0 Å². The minimum absolute atomic E-state index is 0.365. The fraction of sp³-hybridized carbons (Fsp3) is 0.714. The zero-order valence-electron chi connectivity index (χ0n) is 10.9. The van der Waals surface area contributed by atoms with Crippen molar-refractivity contribution >= 4 is 43.2 Å². The summed E-state index contributed by atoms with van der Waals surface area (Å²) in [5.41, 5.74) is 0.365. The molecule has 0 aliphatic rings. The number of hydrogen-bond acceptors (Lipinski definition) is 1. The monoisotopic (exact) mass is 380 g/mol. The normalized spacial score (nSPS) is 12.4. The number of halogens is 2. The smallest absolute Gasteiger partial charge is 0.00995 e. The van der Waals surface area contributed by atoms with E-state index in [2.05, 4.69) is 64.8 Å². The molecule has 0 saturated heterocycles. The Hall–Kier alpha value is 0.660. The molecule has 0 aromatic carbocycles. The molecule has 1 aromatic rings. The van der Waals surface area contributed by atoms with E-state index in [1.807, 2.05) is 11.3 Å². The van der Waals surface area contributed by atoms with Crippen LogP contribution in [0.2, 0.25) is 0 Å². The molecule has 1 aromatic heterocycles. The van der Waals surface area contributed by atoms with Crippen LogP contribution < -0.4 is 0 Å². The van der Waals surface area contributed by atoms with Gasteiger partial charge in [-0.15, -0.1) is 11.3 Å². The van der Waals surface area contributed by atoms with Gasteiger partial charge in [0.1, 0.15) is 0 Å². The molecule has 0 N–H and O–H groups in total. The maximum Gasteiger partial charge on any atom is 0.00995 e. The van der Waals surface area contributed by atoms with Crippen LogP contribution in [0.15, 0.2) is 12.1 Å². The van der Waals surface area contributed by atoms with E-state index in [1.54, 1.807) is 0 Å². The lowest BCUT2D eigenvalue weighted by atomic mass is 9.80. The predicted molar refractivity (Wildman–Crippen MR) is 86.9 cm³/mol. The highest BCUT2D eigenvalue weighted by Gasteiger charge is 2.29. The second-order valence-corrected chi connectivity index (χ2v) is 7.64. The van der Waals surface area contributed by atoms with Crippen LogP contribution >= 0.6 is 43.2 Å². The molecule has 0 saturated carbocycles. The number of thiophene rings is 1. The third kappa shape index (κ3) is 4.68. The van der Waals surface area contributed by atoms with Gasteiger partial charge in [-0.3, -0.25) is 0 Å². The average Bonchev–Trinajstić information content (AvgIpc) is 2.75. The summed E-state index contributed by atoms with van der Waals surface area (Å²) in [5, 5.41) is 2.14. The molecule has 0 fully saturated rings. The quantitative estimate of drug-likeness (QED) is 0.533. The van der Waals surface area contributed by atoms with Gasteiger partial charge in [0.15, 0.2) is 0 Å². The number of alkyl halides is 2. The third-order valence-electron chi connectivity index (χ3n) is 3.02. The largest absolute Gasteiger partial charge is 0.145 e. The first-order valence-corrected chi connectivity index (χ1v) is 9.30. The minimum atomic E-state index is 0.365. The predicted octanol–water partition coefficient (Wildman–Crippen LogP) is 5.68. The number of hydrogen-bond donors (Lipinski definition) is 0. The van der Waals surface area contributed by atoms with E-state index in [0.29, 0.717) is 5.41 Å². The van der Waals surface area contributed by atoms with Crippen molar-refractivity contribution < 1.29 is 0 Å². The van der Waals surface area contributed by atoms with E-state index in [-0.39, 0.29) is 0 Å². The van der Waals surface area contributed by atoms with Crippen LogP contribution in [0, 0.1) is 11.3 Å². The van der Waals surface area contributed by atoms with E-state index in [9.17, 15) is 0 Å². The lowest BCUT2D eigenvalue weighted by Gasteiger charge is -2.31. The van der Waals surface area contributed by atoms with Gasteiger partial charge in [-0.25, -0.2) is 0 Å². The molecule has 98 valence electrons. The summed E-state index contributed by atoms with van der Waals surface area (Å²) in [7, 11) is 0. The molecule has 0 amide bonds. The van der Waals surface area contributed by atoms with E-state index in [1.165, 1.54) is 22.6 Å². The van der Waals surface area contributed by atoms with Gasteiger partial charge in [0.05, 0.1) is 0 Å². The first-order valence-electron chi connectivity index (χ1n) is 6.24. The summed E-state index contributed by atoms with van der Waals surface area (Å²) in [5.74, 6) is 0.746. The topological polar surface area (TPSA) is 0 Å². The highest BCUT2D eigenvalue weighted by molar-refractivity contribution is 9.09. The van der Waals surface area contributed by atoms with Crippen LogP contribution in [-0.4, -0.2) is 10.7 Å². The van der Waals surface area contributed by atoms with Crippen molar-refractivity contribution in [2.75, 3.05) is 10.7 Å². The van der Waals surface area contributed by atoms with Gasteiger partial charge in [0, 0.05) is 20.4 Å². The molecule has 0 radical (unpaired) electrons. The Morgan fingerprint density at radius 1 is 1.18 bits per heavy atom. The molecule has 17 heavy (non-hydrogen) atoms. The molecule has 3 heteroatoms. The molecule has 0 spiro atoms. The molecule has 0 nitrogen and oxygen atoms in total. The molecular formula is C14H22Br2S. The van der Waals surface area contributed by atoms with E-state index < -0.39 is 0 Å². The Labute approximate surface area is 126 Å². The lowest BCUT2D eigenvalue weighted by Crippen LogP contribution is -2.29. The first kappa shape index (κ1) is 15.7. The summed E-state index contributed by atoms with van der Waals surface area (Å²) in [6, 6.07) is 4.59. The maximum absolute atomic E-state index is 3.72. The van der Waals surface area contributed by atoms with Crippen molar-refractivity contribution in [3.05, 3.63) is 21.9 Å². The summed E-state index contributed by atoms with van der Waals surface area (Å²) in [4.78, 5) is 3.03. The van der Waals surface area contributed by atoms with Gasteiger partial charge in [-0.2, -0.15) is 0 Å². The second-order valence-electron chi connectivity index (χ2n) is 5.26. The Balaban J connectivity index is 2.78. The number of rotatable bonds is 7. The standard InChI is InChI=1S/C14H22Br2S/c1-4-12-5-6-13(17-12)8-14(9-15,10-16)7-11(2)3/h5-6,11H,4,7-10H2,1-3H3. The van der Waals surface area contributed by atoms with Crippen molar-refractivity contribution in [1.82, 2.24) is 0 Å². The van der Waals surface area contributed by atoms with Crippen LogP contribution in [0.25, 0.3) is 0 Å². The third-order valence-corrected chi connectivity index (χ3v) is 6.63. The fourth-order valence-corrected chi connectivity index (χ4v) is 5.17. The highest BCUT2D eigenvalue weighted by atomic mass is 79.9. The molecule has 1 rings (SSSR count). The zero-order chi connectivity index (χ0) is 12.9. The molecule has 1 heterocycles. The van der Waals surface area contributed by atoms with Gasteiger partial charge >= 0.3 is 0 Å². The molecular weight excluding hydrogens is 360 g/mol. The van der Waals surface area contributed by atoms with E-state index in [0.717, 1.165) is 23.0 Å². The van der Waals surface area contributed by atoms with Crippen LogP contribution in [0.4, 0.5) is 0 Å². The molecule has 0 atom stereocenters. The second kappa shape index (κ2) is 7.30. The van der Waals surface area contributed by atoms with Crippen LogP contribution in [0.1, 0.15) is 36.9 Å². The Morgan fingerprint density at radius 3 is 2.18 bits per heavy atom. The Kier molecular flexibility index (Phi) is 6.75. The SMILES string of the molecule is CCc1ccc(CC(CBr)(CBr)CC(C)C)s1. The zero-order valence-corrected chi connectivity index (χ0v) is 14.9. The van der Waals surface area contributed by atoms with Gasteiger partial charge in [-0.1, -0.05) is 52.6 Å². The van der Waals surface area contributed by atoms with Crippen molar-refractivity contribution in [2.24, 2.45) is 11.3 Å². The summed E-state index contributed by atoms with van der Waals surface area (Å²) >= 11 is 9.41. The fourth-order valence-electron chi connectivity index (χ4n) is 2.25. The van der Waals surface area contributed by atoms with Crippen molar-refractivity contribution in [1.29, 1.82) is 0 Å². The van der Waals surface area contributed by atoms with E-state index >= 15 is 0 Å². The molecule has 0 bridgehead atoms. The van der Waals surface area contributed by atoms with Crippen LogP contribution in [-0.2, 0) is 12.8 Å². The Bertz CT molecular complexity index is 327. The summed E-state index contributed by atoms with van der Waals surface area (Å²) in [6.07, 6.45) is 3.61.